The van der Waals surface area contributed by atoms with Crippen LogP contribution >= 0.6 is 11.8 Å². The van der Waals surface area contributed by atoms with Crippen LogP contribution in [0, 0.1) is 0 Å². The van der Waals surface area contributed by atoms with E-state index in [1.165, 1.54) is 11.8 Å². The average molecular weight is 254 g/mol. The van der Waals surface area contributed by atoms with Crippen LogP contribution < -0.4 is 16.4 Å². The first-order valence-corrected chi connectivity index (χ1v) is 6.02. The van der Waals surface area contributed by atoms with E-state index in [-0.39, 0.29) is 11.7 Å². The molecule has 0 atom stereocenters. The first kappa shape index (κ1) is 13.3. The lowest BCUT2D eigenvalue weighted by Crippen LogP contribution is -2.40. The van der Waals surface area contributed by atoms with E-state index >= 15 is 0 Å². The summed E-state index contributed by atoms with van der Waals surface area (Å²) in [6.07, 6.45) is 1.58. The fourth-order valence-electron chi connectivity index (χ4n) is 0.993. The van der Waals surface area contributed by atoms with Gasteiger partial charge in [-0.25, -0.2) is 9.78 Å². The van der Waals surface area contributed by atoms with Crippen molar-refractivity contribution < 1.29 is 9.59 Å². The maximum Gasteiger partial charge on any atom is 0.321 e. The Bertz CT molecular complexity index is 394. The number of urea groups is 1. The second kappa shape index (κ2) is 6.74. The summed E-state index contributed by atoms with van der Waals surface area (Å²) in [5, 5.41) is 4.68. The molecule has 0 aliphatic carbocycles. The van der Waals surface area contributed by atoms with E-state index in [9.17, 15) is 9.59 Å². The molecule has 1 rings (SSSR count). The second-order valence-electron chi connectivity index (χ2n) is 3.12. The van der Waals surface area contributed by atoms with Crippen molar-refractivity contribution in [3.05, 3.63) is 18.3 Å². The molecule has 0 radical (unpaired) electrons. The molecule has 1 heterocycles. The van der Waals surface area contributed by atoms with E-state index < -0.39 is 6.03 Å². The van der Waals surface area contributed by atoms with E-state index in [1.54, 1.807) is 25.3 Å². The van der Waals surface area contributed by atoms with Crippen molar-refractivity contribution in [3.63, 3.8) is 0 Å². The number of nitrogens with one attached hydrogen (secondary N) is 2. The zero-order chi connectivity index (χ0) is 12.7. The number of thioether (sulfide) groups is 1. The van der Waals surface area contributed by atoms with Crippen LogP contribution in [0.5, 0.6) is 0 Å². The number of aromatic nitrogens is 1. The van der Waals surface area contributed by atoms with Crippen molar-refractivity contribution in [3.8, 4) is 0 Å². The number of carbonyl (C=O) groups excluding carboxylic acids is 2. The average Bonchev–Trinajstić information content (AvgIpc) is 2.28. The molecule has 92 valence electrons. The number of nitrogens with zero attached hydrogens (tertiary/aromatic N) is 1. The molecule has 6 nitrogen and oxygen atoms in total. The second-order valence-corrected chi connectivity index (χ2v) is 4.16. The number of amides is 3. The van der Waals surface area contributed by atoms with Crippen molar-refractivity contribution >= 4 is 29.5 Å². The number of hydrogen-bond acceptors (Lipinski definition) is 5. The standard InChI is InChI=1S/C10H14N4O2S/c1-2-12-10(16)14-9(15)6-17-7-3-4-8(11)13-5-7/h3-5H,2,6H2,1H3,(H2,11,13)(H2,12,14,15,16). The van der Waals surface area contributed by atoms with Crippen LogP contribution in [-0.4, -0.2) is 29.2 Å². The van der Waals surface area contributed by atoms with Crippen LogP contribution in [-0.2, 0) is 4.79 Å². The van der Waals surface area contributed by atoms with Gasteiger partial charge in [0.05, 0.1) is 5.75 Å². The predicted octanol–water partition coefficient (Wildman–Crippen LogP) is 0.602. The lowest BCUT2D eigenvalue weighted by molar-refractivity contribution is -0.117. The minimum atomic E-state index is -0.478. The summed E-state index contributed by atoms with van der Waals surface area (Å²) in [6, 6.07) is 2.95. The third kappa shape index (κ3) is 5.21. The highest BCUT2D eigenvalue weighted by Crippen LogP contribution is 2.16. The number of hydrogen-bond donors (Lipinski definition) is 3. The topological polar surface area (TPSA) is 97.1 Å². The molecule has 0 unspecified atom stereocenters. The van der Waals surface area contributed by atoms with Gasteiger partial charge in [-0.2, -0.15) is 0 Å². The predicted molar refractivity (Wildman–Crippen MR) is 66.6 cm³/mol. The monoisotopic (exact) mass is 254 g/mol. The molecular weight excluding hydrogens is 240 g/mol. The Kier molecular flexibility index (Phi) is 5.28. The molecule has 0 saturated heterocycles. The number of nitrogen functional groups attached to an aromatic ring is 1. The van der Waals surface area contributed by atoms with Crippen LogP contribution in [0.25, 0.3) is 0 Å². The van der Waals surface area contributed by atoms with Crippen LogP contribution in [0.4, 0.5) is 10.6 Å². The fraction of sp³-hybridized carbons (Fsp3) is 0.300. The first-order valence-electron chi connectivity index (χ1n) is 5.04. The van der Waals surface area contributed by atoms with Gasteiger partial charge in [0.15, 0.2) is 0 Å². The Labute approximate surface area is 103 Å². The zero-order valence-electron chi connectivity index (χ0n) is 9.40. The molecular formula is C10H14N4O2S. The van der Waals surface area contributed by atoms with Crippen molar-refractivity contribution in [2.24, 2.45) is 0 Å². The Morgan fingerprint density at radius 1 is 1.47 bits per heavy atom. The van der Waals surface area contributed by atoms with Crippen molar-refractivity contribution in [1.82, 2.24) is 15.6 Å². The number of pyridine rings is 1. The smallest absolute Gasteiger partial charge is 0.321 e. The molecule has 1 aromatic heterocycles. The molecule has 3 amide bonds. The summed E-state index contributed by atoms with van der Waals surface area (Å²) in [5.74, 6) is 0.238. The Hall–Kier alpha value is -1.76. The van der Waals surface area contributed by atoms with E-state index in [2.05, 4.69) is 15.6 Å². The highest BCUT2D eigenvalue weighted by Gasteiger charge is 2.07. The van der Waals surface area contributed by atoms with Gasteiger partial charge in [0.2, 0.25) is 5.91 Å². The molecule has 7 heteroatoms. The number of imide groups is 1. The highest BCUT2D eigenvalue weighted by molar-refractivity contribution is 8.00. The molecule has 0 spiro atoms. The van der Waals surface area contributed by atoms with E-state index in [0.717, 1.165) is 4.90 Å². The Morgan fingerprint density at radius 3 is 2.82 bits per heavy atom. The van der Waals surface area contributed by atoms with Crippen LogP contribution in [0.2, 0.25) is 0 Å². The van der Waals surface area contributed by atoms with Crippen molar-refractivity contribution in [2.75, 3.05) is 18.0 Å². The van der Waals surface area contributed by atoms with E-state index in [0.29, 0.717) is 12.4 Å². The van der Waals surface area contributed by atoms with Crippen LogP contribution in [0.3, 0.4) is 0 Å². The van der Waals surface area contributed by atoms with E-state index in [4.69, 9.17) is 5.73 Å². The molecule has 17 heavy (non-hydrogen) atoms. The number of carbonyl (C=O) groups is 2. The third-order valence-electron chi connectivity index (χ3n) is 1.72. The quantitative estimate of drug-likeness (QED) is 0.684. The van der Waals surface area contributed by atoms with Gasteiger partial charge in [-0.1, -0.05) is 0 Å². The van der Waals surface area contributed by atoms with Gasteiger partial charge in [-0.15, -0.1) is 11.8 Å². The highest BCUT2D eigenvalue weighted by atomic mass is 32.2. The molecule has 0 aromatic carbocycles. The molecule has 0 aliphatic rings. The van der Waals surface area contributed by atoms with Gasteiger partial charge in [0, 0.05) is 17.6 Å². The van der Waals surface area contributed by atoms with Gasteiger partial charge < -0.3 is 11.1 Å². The minimum absolute atomic E-state index is 0.155. The lowest BCUT2D eigenvalue weighted by Gasteiger charge is -2.04. The largest absolute Gasteiger partial charge is 0.384 e. The summed E-state index contributed by atoms with van der Waals surface area (Å²) in [6.45, 7) is 2.26. The van der Waals surface area contributed by atoms with Gasteiger partial charge in [-0.3, -0.25) is 10.1 Å². The summed E-state index contributed by atoms with van der Waals surface area (Å²) < 4.78 is 0. The summed E-state index contributed by atoms with van der Waals surface area (Å²) in [7, 11) is 0. The number of nitrogens with two attached hydrogens (primary N) is 1. The van der Waals surface area contributed by atoms with Crippen molar-refractivity contribution in [2.45, 2.75) is 11.8 Å². The van der Waals surface area contributed by atoms with Crippen LogP contribution in [0.15, 0.2) is 23.2 Å². The zero-order valence-corrected chi connectivity index (χ0v) is 10.2. The number of rotatable bonds is 4. The maximum absolute atomic E-state index is 11.3. The third-order valence-corrected chi connectivity index (χ3v) is 2.70. The Morgan fingerprint density at radius 2 is 2.24 bits per heavy atom. The Balaban J connectivity index is 2.33. The normalized spacial score (nSPS) is 9.71. The lowest BCUT2D eigenvalue weighted by atomic mass is 10.5. The molecule has 0 aliphatic heterocycles. The number of anilines is 1. The fourth-order valence-corrected chi connectivity index (χ4v) is 1.65. The summed E-state index contributed by atoms with van der Waals surface area (Å²) in [4.78, 5) is 27.1. The van der Waals surface area contributed by atoms with Gasteiger partial charge in [-0.05, 0) is 19.1 Å². The van der Waals surface area contributed by atoms with Gasteiger partial charge >= 0.3 is 6.03 Å². The van der Waals surface area contributed by atoms with Crippen molar-refractivity contribution in [1.29, 1.82) is 0 Å². The summed E-state index contributed by atoms with van der Waals surface area (Å²) in [5.41, 5.74) is 5.43. The van der Waals surface area contributed by atoms with Gasteiger partial charge in [0.25, 0.3) is 0 Å². The molecule has 0 saturated carbocycles. The SMILES string of the molecule is CCNC(=O)NC(=O)CSc1ccc(N)nc1. The molecule has 1 aromatic rings. The van der Waals surface area contributed by atoms with E-state index in [1.807, 2.05) is 0 Å². The molecule has 0 fully saturated rings. The van der Waals surface area contributed by atoms with Crippen LogP contribution in [0.1, 0.15) is 6.92 Å². The summed E-state index contributed by atoms with van der Waals surface area (Å²) >= 11 is 1.29. The first-order chi connectivity index (χ1) is 8.11. The molecule has 0 bridgehead atoms. The molecule has 4 N–H and O–H groups in total. The minimum Gasteiger partial charge on any atom is -0.384 e. The maximum atomic E-state index is 11.3. The van der Waals surface area contributed by atoms with Gasteiger partial charge in [0.1, 0.15) is 5.82 Å².